The minimum Gasteiger partial charge on any atom is -0.457 e. The van der Waals surface area contributed by atoms with Crippen LogP contribution in [0.3, 0.4) is 0 Å². The van der Waals surface area contributed by atoms with Gasteiger partial charge < -0.3 is 9.47 Å². The van der Waals surface area contributed by atoms with Crippen LogP contribution in [0.15, 0.2) is 42.5 Å². The quantitative estimate of drug-likeness (QED) is 0.603. The highest BCUT2D eigenvalue weighted by Gasteiger charge is 2.07. The Labute approximate surface area is 117 Å². The molecule has 2 aromatic carbocycles. The van der Waals surface area contributed by atoms with E-state index in [0.29, 0.717) is 17.4 Å². The predicted octanol–water partition coefficient (Wildman–Crippen LogP) is 4.50. The van der Waals surface area contributed by atoms with E-state index < -0.39 is 0 Å². The smallest absolute Gasteiger partial charge is 0.146 e. The Morgan fingerprint density at radius 3 is 2.42 bits per heavy atom. The van der Waals surface area contributed by atoms with Crippen molar-refractivity contribution in [2.75, 3.05) is 0 Å². The van der Waals surface area contributed by atoms with Crippen LogP contribution >= 0.6 is 11.6 Å². The molecule has 0 heterocycles. The molecule has 0 aliphatic heterocycles. The van der Waals surface area contributed by atoms with E-state index in [1.807, 2.05) is 43.3 Å². The molecular weight excluding hydrogens is 260 g/mol. The Morgan fingerprint density at radius 2 is 1.79 bits per heavy atom. The highest BCUT2D eigenvalue weighted by Crippen LogP contribution is 2.31. The summed E-state index contributed by atoms with van der Waals surface area (Å²) >= 11 is 5.74. The third kappa shape index (κ3) is 3.21. The van der Waals surface area contributed by atoms with Gasteiger partial charge in [0.1, 0.15) is 23.4 Å². The van der Waals surface area contributed by atoms with Crippen LogP contribution in [0, 0.1) is 19.5 Å². The molecule has 0 aliphatic carbocycles. The fourth-order valence-corrected chi connectivity index (χ4v) is 1.83. The van der Waals surface area contributed by atoms with Crippen LogP contribution in [-0.4, -0.2) is 0 Å². The Balaban J connectivity index is 2.23. The van der Waals surface area contributed by atoms with Crippen LogP contribution in [0.2, 0.25) is 0 Å². The van der Waals surface area contributed by atoms with Gasteiger partial charge in [0, 0.05) is 11.4 Å². The van der Waals surface area contributed by atoms with Crippen molar-refractivity contribution in [3.8, 4) is 29.8 Å². The number of halogens is 1. The van der Waals surface area contributed by atoms with E-state index in [2.05, 4.69) is 6.11 Å². The molecule has 0 atom stereocenters. The number of hydrogen-bond acceptors (Lipinski definition) is 2. The number of ether oxygens (including phenoxy) is 2. The first-order valence-corrected chi connectivity index (χ1v) is 6.33. The topological polar surface area (TPSA) is 18.5 Å². The number of benzene rings is 2. The van der Waals surface area contributed by atoms with E-state index in [1.165, 1.54) is 0 Å². The van der Waals surface area contributed by atoms with Gasteiger partial charge in [-0.15, -0.1) is 11.6 Å². The summed E-state index contributed by atoms with van der Waals surface area (Å²) in [6, 6.07) is 13.1. The Kier molecular flexibility index (Phi) is 4.33. The van der Waals surface area contributed by atoms with Gasteiger partial charge in [-0.25, -0.2) is 0 Å². The van der Waals surface area contributed by atoms with Crippen molar-refractivity contribution in [1.29, 1.82) is 0 Å². The molecule has 0 radical (unpaired) electrons. The number of hydrogen-bond donors (Lipinski definition) is 0. The first kappa shape index (κ1) is 13.3. The van der Waals surface area contributed by atoms with Gasteiger partial charge in [-0.05, 0) is 36.8 Å². The fourth-order valence-electron chi connectivity index (χ4n) is 1.65. The average Bonchev–Trinajstić information content (AvgIpc) is 2.44. The molecule has 0 N–H and O–H groups in total. The highest BCUT2D eigenvalue weighted by atomic mass is 35.5. The van der Waals surface area contributed by atoms with Crippen molar-refractivity contribution in [3.63, 3.8) is 0 Å². The number of alkyl halides is 1. The van der Waals surface area contributed by atoms with E-state index in [4.69, 9.17) is 27.5 Å². The molecule has 2 aromatic rings. The molecule has 0 saturated carbocycles. The molecule has 0 fully saturated rings. The van der Waals surface area contributed by atoms with Crippen LogP contribution in [0.4, 0.5) is 0 Å². The van der Waals surface area contributed by atoms with E-state index in [1.54, 1.807) is 6.07 Å². The molecule has 0 aliphatic rings. The molecule has 0 amide bonds. The Hall–Kier alpha value is -2.11. The van der Waals surface area contributed by atoms with Crippen LogP contribution in [0.25, 0.3) is 0 Å². The zero-order valence-electron chi connectivity index (χ0n) is 10.5. The summed E-state index contributed by atoms with van der Waals surface area (Å²) < 4.78 is 10.9. The van der Waals surface area contributed by atoms with E-state index in [9.17, 15) is 0 Å². The van der Waals surface area contributed by atoms with Gasteiger partial charge in [0.15, 0.2) is 0 Å². The van der Waals surface area contributed by atoms with Crippen LogP contribution in [0.1, 0.15) is 11.1 Å². The monoisotopic (exact) mass is 272 g/mol. The molecule has 0 unspecified atom stereocenters. The van der Waals surface area contributed by atoms with E-state index in [0.717, 1.165) is 16.9 Å². The first-order chi connectivity index (χ1) is 9.24. The minimum absolute atomic E-state index is 0.491. The minimum atomic E-state index is 0.491. The second-order valence-electron chi connectivity index (χ2n) is 3.98. The summed E-state index contributed by atoms with van der Waals surface area (Å²) in [5.74, 6) is 2.57. The maximum absolute atomic E-state index is 5.80. The molecule has 3 heteroatoms. The predicted molar refractivity (Wildman–Crippen MR) is 76.7 cm³/mol. The van der Waals surface area contributed by atoms with Gasteiger partial charge in [0.25, 0.3) is 0 Å². The number of rotatable bonds is 4. The molecule has 96 valence electrons. The van der Waals surface area contributed by atoms with Crippen molar-refractivity contribution >= 4 is 11.6 Å². The molecular formula is C16H13ClO2. The highest BCUT2D eigenvalue weighted by molar-refractivity contribution is 6.17. The lowest BCUT2D eigenvalue weighted by atomic mass is 10.2. The van der Waals surface area contributed by atoms with Crippen LogP contribution < -0.4 is 9.47 Å². The lowest BCUT2D eigenvalue weighted by Crippen LogP contribution is -1.91. The second-order valence-corrected chi connectivity index (χ2v) is 4.25. The molecule has 0 bridgehead atoms. The molecule has 19 heavy (non-hydrogen) atoms. The number of terminal acetylenes is 1. The largest absolute Gasteiger partial charge is 0.457 e. The zero-order valence-corrected chi connectivity index (χ0v) is 11.3. The molecule has 0 spiro atoms. The lowest BCUT2D eigenvalue weighted by Gasteiger charge is -2.11. The van der Waals surface area contributed by atoms with Gasteiger partial charge in [-0.2, -0.15) is 0 Å². The lowest BCUT2D eigenvalue weighted by molar-refractivity contribution is 0.465. The van der Waals surface area contributed by atoms with Crippen molar-refractivity contribution < 1.29 is 9.47 Å². The fraction of sp³-hybridized carbons (Fsp3) is 0.125. The Morgan fingerprint density at radius 1 is 1.11 bits per heavy atom. The standard InChI is InChI=1S/C16H13ClO2/c1-3-18-15-5-4-6-16(12(15)2)19-14-9-7-13(11-17)8-10-14/h1,4-10H,11H2,2H3. The third-order valence-corrected chi connectivity index (χ3v) is 3.02. The second kappa shape index (κ2) is 6.17. The van der Waals surface area contributed by atoms with Gasteiger partial charge in [-0.1, -0.05) is 24.6 Å². The van der Waals surface area contributed by atoms with Crippen molar-refractivity contribution in [3.05, 3.63) is 53.6 Å². The van der Waals surface area contributed by atoms with Crippen molar-refractivity contribution in [2.24, 2.45) is 0 Å². The van der Waals surface area contributed by atoms with E-state index in [-0.39, 0.29) is 0 Å². The molecule has 2 nitrogen and oxygen atoms in total. The maximum Gasteiger partial charge on any atom is 0.146 e. The van der Waals surface area contributed by atoms with Crippen molar-refractivity contribution in [2.45, 2.75) is 12.8 Å². The van der Waals surface area contributed by atoms with Crippen LogP contribution in [0.5, 0.6) is 17.2 Å². The summed E-state index contributed by atoms with van der Waals surface area (Å²) in [5, 5.41) is 0. The first-order valence-electron chi connectivity index (χ1n) is 5.79. The summed E-state index contributed by atoms with van der Waals surface area (Å²) in [5.41, 5.74) is 1.91. The van der Waals surface area contributed by atoms with E-state index >= 15 is 0 Å². The summed E-state index contributed by atoms with van der Waals surface area (Å²) in [6.07, 6.45) is 7.30. The van der Waals surface area contributed by atoms with Crippen LogP contribution in [-0.2, 0) is 5.88 Å². The van der Waals surface area contributed by atoms with Crippen molar-refractivity contribution in [1.82, 2.24) is 0 Å². The average molecular weight is 273 g/mol. The normalized spacial score (nSPS) is 9.74. The van der Waals surface area contributed by atoms with Gasteiger partial charge in [0.2, 0.25) is 0 Å². The van der Waals surface area contributed by atoms with Gasteiger partial charge in [0.05, 0.1) is 0 Å². The summed E-state index contributed by atoms with van der Waals surface area (Å²) in [4.78, 5) is 0. The zero-order chi connectivity index (χ0) is 13.7. The molecule has 0 saturated heterocycles. The molecule has 2 rings (SSSR count). The summed E-state index contributed by atoms with van der Waals surface area (Å²) in [6.45, 7) is 1.90. The third-order valence-electron chi connectivity index (χ3n) is 2.71. The Bertz CT molecular complexity index is 597. The molecule has 0 aromatic heterocycles. The SMILES string of the molecule is C#COc1cccc(Oc2ccc(CCl)cc2)c1C. The van der Waals surface area contributed by atoms with Gasteiger partial charge in [-0.3, -0.25) is 0 Å². The summed E-state index contributed by atoms with van der Waals surface area (Å²) in [7, 11) is 0. The maximum atomic E-state index is 5.80. The van der Waals surface area contributed by atoms with Gasteiger partial charge >= 0.3 is 0 Å².